The Labute approximate surface area is 136 Å². The number of anilines is 2. The number of hydrogen-bond donors (Lipinski definition) is 2. The SMILES string of the molecule is CC(C)(C)Nc1ccc(NC(=O)CCOc2ccccc2)nn1. The van der Waals surface area contributed by atoms with Gasteiger partial charge < -0.3 is 15.4 Å². The van der Waals surface area contributed by atoms with E-state index in [4.69, 9.17) is 4.74 Å². The molecule has 0 bridgehead atoms. The van der Waals surface area contributed by atoms with E-state index in [0.717, 1.165) is 5.75 Å². The first-order valence-electron chi connectivity index (χ1n) is 7.52. The van der Waals surface area contributed by atoms with Crippen LogP contribution < -0.4 is 15.4 Å². The molecule has 1 amide bonds. The average Bonchev–Trinajstić information content (AvgIpc) is 2.49. The van der Waals surface area contributed by atoms with Crippen molar-refractivity contribution in [1.82, 2.24) is 10.2 Å². The molecule has 0 aliphatic rings. The summed E-state index contributed by atoms with van der Waals surface area (Å²) in [5.74, 6) is 1.68. The maximum Gasteiger partial charge on any atom is 0.229 e. The van der Waals surface area contributed by atoms with Crippen molar-refractivity contribution in [1.29, 1.82) is 0 Å². The van der Waals surface area contributed by atoms with E-state index in [1.165, 1.54) is 0 Å². The monoisotopic (exact) mass is 314 g/mol. The number of carbonyl (C=O) groups excluding carboxylic acids is 1. The molecule has 0 aliphatic heterocycles. The highest BCUT2D eigenvalue weighted by Gasteiger charge is 2.11. The molecule has 0 radical (unpaired) electrons. The van der Waals surface area contributed by atoms with Crippen LogP contribution in [-0.4, -0.2) is 28.3 Å². The minimum Gasteiger partial charge on any atom is -0.493 e. The summed E-state index contributed by atoms with van der Waals surface area (Å²) in [7, 11) is 0. The van der Waals surface area contributed by atoms with Crippen molar-refractivity contribution in [2.24, 2.45) is 0 Å². The quantitative estimate of drug-likeness (QED) is 0.857. The fourth-order valence-corrected chi connectivity index (χ4v) is 1.83. The zero-order chi connectivity index (χ0) is 16.7. The number of ether oxygens (including phenoxy) is 1. The Morgan fingerprint density at radius 1 is 1.04 bits per heavy atom. The summed E-state index contributed by atoms with van der Waals surface area (Å²) in [4.78, 5) is 11.8. The van der Waals surface area contributed by atoms with E-state index in [2.05, 4.69) is 20.8 Å². The zero-order valence-electron chi connectivity index (χ0n) is 13.7. The van der Waals surface area contributed by atoms with Crippen molar-refractivity contribution in [3.05, 3.63) is 42.5 Å². The Bertz CT molecular complexity index is 621. The first kappa shape index (κ1) is 16.7. The molecule has 1 heterocycles. The zero-order valence-corrected chi connectivity index (χ0v) is 13.7. The molecule has 122 valence electrons. The number of para-hydroxylation sites is 1. The van der Waals surface area contributed by atoms with Gasteiger partial charge in [-0.15, -0.1) is 10.2 Å². The van der Waals surface area contributed by atoms with Gasteiger partial charge in [0.2, 0.25) is 5.91 Å². The highest BCUT2D eigenvalue weighted by molar-refractivity contribution is 5.89. The highest BCUT2D eigenvalue weighted by atomic mass is 16.5. The number of nitrogens with one attached hydrogen (secondary N) is 2. The van der Waals surface area contributed by atoms with E-state index in [1.54, 1.807) is 12.1 Å². The number of amides is 1. The van der Waals surface area contributed by atoms with E-state index in [9.17, 15) is 4.79 Å². The van der Waals surface area contributed by atoms with Crippen LogP contribution in [0.2, 0.25) is 0 Å². The van der Waals surface area contributed by atoms with Crippen LogP contribution in [-0.2, 0) is 4.79 Å². The Kier molecular flexibility index (Phi) is 5.51. The Morgan fingerprint density at radius 3 is 2.30 bits per heavy atom. The number of benzene rings is 1. The second-order valence-corrected chi connectivity index (χ2v) is 6.14. The van der Waals surface area contributed by atoms with Gasteiger partial charge >= 0.3 is 0 Å². The van der Waals surface area contributed by atoms with Crippen LogP contribution in [0.5, 0.6) is 5.75 Å². The minimum atomic E-state index is -0.160. The molecule has 1 aromatic carbocycles. The summed E-state index contributed by atoms with van der Waals surface area (Å²) < 4.78 is 5.48. The summed E-state index contributed by atoms with van der Waals surface area (Å²) in [6.45, 7) is 6.43. The molecule has 1 aromatic heterocycles. The second-order valence-electron chi connectivity index (χ2n) is 6.14. The van der Waals surface area contributed by atoms with Gasteiger partial charge in [-0.1, -0.05) is 18.2 Å². The maximum absolute atomic E-state index is 11.8. The molecule has 0 aliphatic carbocycles. The lowest BCUT2D eigenvalue weighted by Gasteiger charge is -2.20. The van der Waals surface area contributed by atoms with Crippen molar-refractivity contribution in [2.75, 3.05) is 17.2 Å². The number of hydrogen-bond acceptors (Lipinski definition) is 5. The van der Waals surface area contributed by atoms with Crippen LogP contribution in [0.15, 0.2) is 42.5 Å². The molecule has 0 saturated heterocycles. The second kappa shape index (κ2) is 7.58. The predicted molar refractivity (Wildman–Crippen MR) is 90.6 cm³/mol. The Hall–Kier alpha value is -2.63. The standard InChI is InChI=1S/C17H22N4O2/c1-17(2,3)19-15-10-9-14(20-21-15)18-16(22)11-12-23-13-7-5-4-6-8-13/h4-10H,11-12H2,1-3H3,(H,19,21)(H,18,20,22). The van der Waals surface area contributed by atoms with Gasteiger partial charge in [-0.25, -0.2) is 0 Å². The molecule has 0 saturated carbocycles. The van der Waals surface area contributed by atoms with Crippen LogP contribution in [0.25, 0.3) is 0 Å². The van der Waals surface area contributed by atoms with E-state index in [-0.39, 0.29) is 17.9 Å². The van der Waals surface area contributed by atoms with Crippen LogP contribution in [0.3, 0.4) is 0 Å². The minimum absolute atomic E-state index is 0.0891. The largest absolute Gasteiger partial charge is 0.493 e. The van der Waals surface area contributed by atoms with Crippen LogP contribution in [0, 0.1) is 0 Å². The third-order valence-corrected chi connectivity index (χ3v) is 2.78. The van der Waals surface area contributed by atoms with Crippen molar-refractivity contribution in [3.8, 4) is 5.75 Å². The lowest BCUT2D eigenvalue weighted by Crippen LogP contribution is -2.27. The molecule has 0 unspecified atom stereocenters. The fraction of sp³-hybridized carbons (Fsp3) is 0.353. The molecule has 0 atom stereocenters. The number of aromatic nitrogens is 2. The lowest BCUT2D eigenvalue weighted by atomic mass is 10.1. The molecule has 0 spiro atoms. The lowest BCUT2D eigenvalue weighted by molar-refractivity contribution is -0.116. The van der Waals surface area contributed by atoms with Crippen molar-refractivity contribution >= 4 is 17.5 Å². The topological polar surface area (TPSA) is 76.1 Å². The van der Waals surface area contributed by atoms with Crippen molar-refractivity contribution in [3.63, 3.8) is 0 Å². The molecular formula is C17H22N4O2. The summed E-state index contributed by atoms with van der Waals surface area (Å²) in [6, 6.07) is 12.9. The molecular weight excluding hydrogens is 292 g/mol. The Morgan fingerprint density at radius 2 is 1.70 bits per heavy atom. The van der Waals surface area contributed by atoms with Gasteiger partial charge in [0.15, 0.2) is 5.82 Å². The van der Waals surface area contributed by atoms with Crippen LogP contribution in [0.4, 0.5) is 11.6 Å². The fourth-order valence-electron chi connectivity index (χ4n) is 1.83. The van der Waals surface area contributed by atoms with E-state index in [0.29, 0.717) is 18.2 Å². The summed E-state index contributed by atoms with van der Waals surface area (Å²) in [5, 5.41) is 13.9. The summed E-state index contributed by atoms with van der Waals surface area (Å²) in [5.41, 5.74) is -0.0891. The smallest absolute Gasteiger partial charge is 0.229 e. The van der Waals surface area contributed by atoms with Gasteiger partial charge in [-0.3, -0.25) is 4.79 Å². The van der Waals surface area contributed by atoms with E-state index >= 15 is 0 Å². The summed E-state index contributed by atoms with van der Waals surface area (Å²) in [6.07, 6.45) is 0.249. The number of rotatable bonds is 6. The van der Waals surface area contributed by atoms with Gasteiger partial charge in [-0.2, -0.15) is 0 Å². The first-order chi connectivity index (χ1) is 10.9. The summed E-state index contributed by atoms with van der Waals surface area (Å²) >= 11 is 0. The van der Waals surface area contributed by atoms with Crippen molar-refractivity contribution in [2.45, 2.75) is 32.7 Å². The molecule has 23 heavy (non-hydrogen) atoms. The van der Waals surface area contributed by atoms with Crippen LogP contribution >= 0.6 is 0 Å². The maximum atomic E-state index is 11.8. The molecule has 2 N–H and O–H groups in total. The molecule has 2 rings (SSSR count). The molecule has 6 heteroatoms. The predicted octanol–water partition coefficient (Wildman–Crippen LogP) is 3.09. The normalized spacial score (nSPS) is 10.9. The van der Waals surface area contributed by atoms with Gasteiger partial charge in [-0.05, 0) is 45.0 Å². The van der Waals surface area contributed by atoms with Crippen molar-refractivity contribution < 1.29 is 9.53 Å². The average molecular weight is 314 g/mol. The molecule has 2 aromatic rings. The molecule has 6 nitrogen and oxygen atoms in total. The van der Waals surface area contributed by atoms with Gasteiger partial charge in [0.1, 0.15) is 11.6 Å². The van der Waals surface area contributed by atoms with Crippen LogP contribution in [0.1, 0.15) is 27.2 Å². The molecule has 0 fully saturated rings. The highest BCUT2D eigenvalue weighted by Crippen LogP contribution is 2.13. The van der Waals surface area contributed by atoms with E-state index in [1.807, 2.05) is 51.1 Å². The Balaban J connectivity index is 1.76. The van der Waals surface area contributed by atoms with Gasteiger partial charge in [0, 0.05) is 5.54 Å². The van der Waals surface area contributed by atoms with Gasteiger partial charge in [0.05, 0.1) is 13.0 Å². The number of nitrogens with zero attached hydrogens (tertiary/aromatic N) is 2. The number of carbonyl (C=O) groups is 1. The third-order valence-electron chi connectivity index (χ3n) is 2.78. The van der Waals surface area contributed by atoms with Gasteiger partial charge in [0.25, 0.3) is 0 Å². The van der Waals surface area contributed by atoms with E-state index < -0.39 is 0 Å². The third kappa shape index (κ3) is 6.34. The first-order valence-corrected chi connectivity index (χ1v) is 7.52.